The number of ether oxygens (including phenoxy) is 27. The molecule has 0 saturated carbocycles. The largest absolute Gasteiger partial charge is 0.382 e. The Kier molecular flexibility index (Phi) is 40.2. The molecule has 33 nitrogen and oxygen atoms in total. The number of nitrogens with one attached hydrogen (secondary N) is 3. The zero-order valence-corrected chi connectivity index (χ0v) is 59.1. The summed E-state index contributed by atoms with van der Waals surface area (Å²) in [6.45, 7) is 12.8. The van der Waals surface area contributed by atoms with Crippen LogP contribution in [0.4, 0.5) is 0 Å². The van der Waals surface area contributed by atoms with Crippen LogP contribution < -0.4 is 16.0 Å². The van der Waals surface area contributed by atoms with E-state index in [0.29, 0.717) is 39.6 Å². The molecule has 3 amide bonds. The Hall–Kier alpha value is -3.45. The van der Waals surface area contributed by atoms with Crippen LogP contribution in [0.3, 0.4) is 0 Å². The summed E-state index contributed by atoms with van der Waals surface area (Å²) in [6, 6.07) is 0. The highest BCUT2D eigenvalue weighted by Crippen LogP contribution is 2.36. The third-order valence-corrected chi connectivity index (χ3v) is 17.4. The fraction of sp³-hybridized carbons (Fsp3) is 0.857. The second kappa shape index (κ2) is 45.4. The Balaban J connectivity index is 0.000000306. The van der Waals surface area contributed by atoms with E-state index in [9.17, 15) is 14.4 Å². The minimum atomic E-state index is -0.872. The molecule has 33 heteroatoms. The molecule has 6 fully saturated rings. The smallest absolute Gasteiger partial charge is 0.243 e. The lowest BCUT2D eigenvalue weighted by Crippen LogP contribution is -2.65. The van der Waals surface area contributed by atoms with Gasteiger partial charge in [0.05, 0.1) is 39.6 Å². The molecule has 6 heterocycles. The first kappa shape index (κ1) is 85.0. The summed E-state index contributed by atoms with van der Waals surface area (Å²) in [6.07, 6.45) is -11.1. The molecule has 0 aliphatic carbocycles. The van der Waals surface area contributed by atoms with Gasteiger partial charge in [-0.2, -0.15) is 0 Å². The molecule has 3 N–H and O–H groups in total. The Bertz CT molecular complexity index is 1970. The molecule has 27 atom stereocenters. The zero-order chi connectivity index (χ0) is 71.0. The predicted octanol–water partition coefficient (Wildman–Crippen LogP) is -1.44. The fourth-order valence-electron chi connectivity index (χ4n) is 12.5. The van der Waals surface area contributed by atoms with Crippen LogP contribution in [0.15, 0.2) is 38.0 Å². The molecular formula is C63H111N3O30. The van der Waals surface area contributed by atoms with Gasteiger partial charge in [0, 0.05) is 148 Å². The van der Waals surface area contributed by atoms with Gasteiger partial charge in [-0.05, 0) is 18.2 Å². The first-order chi connectivity index (χ1) is 46.5. The summed E-state index contributed by atoms with van der Waals surface area (Å²) in [5, 5.41) is 8.19. The maximum atomic E-state index is 11.7. The molecule has 6 aliphatic rings. The lowest BCUT2D eigenvalue weighted by atomic mass is 9.96. The van der Waals surface area contributed by atoms with Crippen molar-refractivity contribution in [1.29, 1.82) is 0 Å². The number of amides is 3. The first-order valence-electron chi connectivity index (χ1n) is 31.3. The highest BCUT2D eigenvalue weighted by Gasteiger charge is 2.55. The van der Waals surface area contributed by atoms with E-state index in [4.69, 9.17) is 128 Å². The van der Waals surface area contributed by atoms with Crippen molar-refractivity contribution in [2.75, 3.05) is 187 Å². The zero-order valence-electron chi connectivity index (χ0n) is 59.1. The van der Waals surface area contributed by atoms with E-state index in [1.807, 2.05) is 0 Å². The standard InChI is InChI=1S/3C21H37NO10/c3*1-8-15(23)22-9-12-16(26-4)19(28-6)20(29-7)21(31-12)32-18-14(10-24-2)30-11-13(25-3)17(18)27-5/h3*8,12-14,16-21H,1,9-11H2,2-7H3,(H,22,23). The van der Waals surface area contributed by atoms with Crippen molar-refractivity contribution in [3.05, 3.63) is 38.0 Å². The number of carbonyl (C=O) groups is 3. The van der Waals surface area contributed by atoms with Crippen LogP contribution in [-0.2, 0) is 142 Å². The van der Waals surface area contributed by atoms with E-state index in [2.05, 4.69) is 35.7 Å². The van der Waals surface area contributed by atoms with Gasteiger partial charge >= 0.3 is 0 Å². The minimum absolute atomic E-state index is 0.163. The van der Waals surface area contributed by atoms with Gasteiger partial charge < -0.3 is 144 Å². The molecule has 0 aromatic heterocycles. The van der Waals surface area contributed by atoms with Crippen LogP contribution in [0.2, 0.25) is 0 Å². The normalized spacial score (nSPS) is 37.8. The van der Waals surface area contributed by atoms with Crippen LogP contribution in [0, 0.1) is 0 Å². The molecular weight excluding hydrogens is 1280 g/mol. The lowest BCUT2D eigenvalue weighted by Gasteiger charge is -2.48. The van der Waals surface area contributed by atoms with Crippen molar-refractivity contribution in [1.82, 2.24) is 16.0 Å². The van der Waals surface area contributed by atoms with E-state index in [0.717, 1.165) is 0 Å². The molecule has 6 rings (SSSR count). The number of methoxy groups -OCH3 is 18. The van der Waals surface area contributed by atoms with Crippen LogP contribution in [0.5, 0.6) is 0 Å². The molecule has 0 spiro atoms. The highest BCUT2D eigenvalue weighted by atomic mass is 16.8. The second-order valence-electron chi connectivity index (χ2n) is 22.5. The van der Waals surface area contributed by atoms with Crippen molar-refractivity contribution in [2.24, 2.45) is 0 Å². The lowest BCUT2D eigenvalue weighted by molar-refractivity contribution is -0.342. The first-order valence-corrected chi connectivity index (χ1v) is 31.3. The molecule has 0 radical (unpaired) electrons. The molecule has 96 heavy (non-hydrogen) atoms. The van der Waals surface area contributed by atoms with Crippen molar-refractivity contribution >= 4 is 17.7 Å². The van der Waals surface area contributed by atoms with Gasteiger partial charge in [-0.25, -0.2) is 0 Å². The Morgan fingerprint density at radius 1 is 0.302 bits per heavy atom. The summed E-state index contributed by atoms with van der Waals surface area (Å²) in [5.41, 5.74) is 0. The number of rotatable bonds is 36. The van der Waals surface area contributed by atoms with Gasteiger partial charge in [0.15, 0.2) is 18.9 Å². The topological polar surface area (TPSA) is 337 Å². The summed E-state index contributed by atoms with van der Waals surface area (Å²) in [7, 11) is 28.2. The van der Waals surface area contributed by atoms with Gasteiger partial charge in [0.25, 0.3) is 0 Å². The van der Waals surface area contributed by atoms with Gasteiger partial charge in [0.1, 0.15) is 146 Å². The van der Waals surface area contributed by atoms with Crippen molar-refractivity contribution in [3.8, 4) is 0 Å². The minimum Gasteiger partial charge on any atom is -0.382 e. The van der Waals surface area contributed by atoms with Gasteiger partial charge in [-0.15, -0.1) is 0 Å². The van der Waals surface area contributed by atoms with Crippen LogP contribution in [0.1, 0.15) is 0 Å². The molecule has 0 bridgehead atoms. The van der Waals surface area contributed by atoms with E-state index < -0.39 is 147 Å². The van der Waals surface area contributed by atoms with Gasteiger partial charge in [-0.1, -0.05) is 19.7 Å². The summed E-state index contributed by atoms with van der Waals surface area (Å²) < 4.78 is 156. The second-order valence-corrected chi connectivity index (χ2v) is 22.5. The SMILES string of the molecule is C=CC(=O)NCC1OC(OC2C(COC)OCC(OC)C2OC)C(OC)C(OC)C1OC.C=CC(=O)NCC1OC(OC2C(COC)OCC(OC)C2OC)C(OC)C(OC)C1OC.C=CC(=O)NCC1OC(OC2C(COC)OCC(OC)C2OC)C(OC)C(OC)C1OC. The van der Waals surface area contributed by atoms with E-state index in [1.54, 1.807) is 128 Å². The van der Waals surface area contributed by atoms with E-state index in [1.165, 1.54) is 18.2 Å². The van der Waals surface area contributed by atoms with E-state index in [-0.39, 0.29) is 55.7 Å². The predicted molar refractivity (Wildman–Crippen MR) is 337 cm³/mol. The summed E-state index contributed by atoms with van der Waals surface area (Å²) in [4.78, 5) is 35.1. The molecule has 0 aromatic carbocycles. The molecule has 558 valence electrons. The van der Waals surface area contributed by atoms with E-state index >= 15 is 0 Å². The Labute approximate surface area is 564 Å². The van der Waals surface area contributed by atoms with Crippen molar-refractivity contribution in [3.63, 3.8) is 0 Å². The number of hydrogen-bond acceptors (Lipinski definition) is 30. The molecule has 27 unspecified atom stereocenters. The van der Waals surface area contributed by atoms with Crippen LogP contribution in [0.25, 0.3) is 0 Å². The monoisotopic (exact) mass is 1390 g/mol. The van der Waals surface area contributed by atoms with Crippen molar-refractivity contribution in [2.45, 2.75) is 165 Å². The maximum Gasteiger partial charge on any atom is 0.243 e. The average molecular weight is 1390 g/mol. The molecule has 0 aromatic rings. The van der Waals surface area contributed by atoms with Crippen LogP contribution in [-0.4, -0.2) is 370 Å². The fourth-order valence-corrected chi connectivity index (χ4v) is 12.5. The summed E-state index contributed by atoms with van der Waals surface area (Å²) in [5.74, 6) is -0.981. The average Bonchev–Trinajstić information content (AvgIpc) is 0.796. The highest BCUT2D eigenvalue weighted by molar-refractivity contribution is 5.87. The van der Waals surface area contributed by atoms with Gasteiger partial charge in [-0.3, -0.25) is 14.4 Å². The summed E-state index contributed by atoms with van der Waals surface area (Å²) >= 11 is 0. The molecule has 6 saturated heterocycles. The van der Waals surface area contributed by atoms with Gasteiger partial charge in [0.2, 0.25) is 17.7 Å². The third kappa shape index (κ3) is 22.5. The molecule has 6 aliphatic heterocycles. The van der Waals surface area contributed by atoms with Crippen molar-refractivity contribution < 1.29 is 142 Å². The quantitative estimate of drug-likeness (QED) is 0.0605. The Morgan fingerprint density at radius 3 is 0.698 bits per heavy atom. The third-order valence-electron chi connectivity index (χ3n) is 17.4. The number of carbonyl (C=O) groups excluding carboxylic acids is 3. The Morgan fingerprint density at radius 2 is 0.521 bits per heavy atom. The maximum absolute atomic E-state index is 11.7. The van der Waals surface area contributed by atoms with Crippen LogP contribution >= 0.6 is 0 Å². The number of hydrogen-bond donors (Lipinski definition) is 3.